The average molecular weight is 288 g/mol. The fourth-order valence-corrected chi connectivity index (χ4v) is 1.81. The quantitative estimate of drug-likeness (QED) is 0.491. The molecule has 0 saturated carbocycles. The maximum Gasteiger partial charge on any atom is 0.332 e. The van der Waals surface area contributed by atoms with Crippen molar-refractivity contribution >= 4 is 29.0 Å². The first-order valence-electron chi connectivity index (χ1n) is 5.47. The molecule has 9 heteroatoms. The molecule has 1 rings (SSSR count). The normalized spacial score (nSPS) is 10.6. The molecule has 0 radical (unpaired) electrons. The van der Waals surface area contributed by atoms with Gasteiger partial charge in [-0.2, -0.15) is 4.98 Å². The van der Waals surface area contributed by atoms with E-state index in [-0.39, 0.29) is 35.1 Å². The number of halogens is 1. The summed E-state index contributed by atoms with van der Waals surface area (Å²) in [7, 11) is 0. The molecule has 0 fully saturated rings. The van der Waals surface area contributed by atoms with Gasteiger partial charge in [0, 0.05) is 6.04 Å². The Kier molecular flexibility index (Phi) is 4.60. The number of aryl methyl sites for hydroxylation is 1. The zero-order valence-corrected chi connectivity index (χ0v) is 11.5. The first-order chi connectivity index (χ1) is 8.73. The summed E-state index contributed by atoms with van der Waals surface area (Å²) in [6.45, 7) is 4.79. The van der Waals surface area contributed by atoms with Crippen LogP contribution < -0.4 is 10.6 Å². The Morgan fingerprint density at radius 3 is 2.53 bits per heavy atom. The van der Waals surface area contributed by atoms with Gasteiger partial charge in [0.1, 0.15) is 5.69 Å². The van der Waals surface area contributed by atoms with Crippen molar-refractivity contribution < 1.29 is 9.72 Å². The summed E-state index contributed by atoms with van der Waals surface area (Å²) >= 11 is 5.72. The van der Waals surface area contributed by atoms with Gasteiger partial charge in [0.05, 0.1) is 11.5 Å². The number of hydrogen-bond acceptors (Lipinski definition) is 6. The number of carbonyl (C=O) groups is 1. The molecule has 19 heavy (non-hydrogen) atoms. The van der Waals surface area contributed by atoms with Crippen molar-refractivity contribution in [3.63, 3.8) is 0 Å². The van der Waals surface area contributed by atoms with Crippen molar-refractivity contribution in [3.05, 3.63) is 21.1 Å². The van der Waals surface area contributed by atoms with Crippen LogP contribution in [0.25, 0.3) is 0 Å². The van der Waals surface area contributed by atoms with Crippen molar-refractivity contribution in [2.75, 3.05) is 11.4 Å². The van der Waals surface area contributed by atoms with Gasteiger partial charge in [-0.05, 0) is 32.4 Å². The van der Waals surface area contributed by atoms with Gasteiger partial charge in [0.2, 0.25) is 17.0 Å². The first-order valence-corrected chi connectivity index (χ1v) is 5.85. The van der Waals surface area contributed by atoms with E-state index in [0.29, 0.717) is 0 Å². The molecule has 104 valence electrons. The standard InChI is InChI=1S/C10H14ClN5O3/c1-5(2)15(4-7(12)17)9-8(16(18)19)6(3)13-10(11)14-9/h5H,4H2,1-3H3,(H2,12,17). The maximum atomic E-state index is 11.1. The summed E-state index contributed by atoms with van der Waals surface area (Å²) in [6.07, 6.45) is 0. The number of anilines is 1. The van der Waals surface area contributed by atoms with Gasteiger partial charge < -0.3 is 10.6 Å². The topological polar surface area (TPSA) is 115 Å². The third-order valence-corrected chi connectivity index (χ3v) is 2.59. The minimum absolute atomic E-state index is 0.00343. The summed E-state index contributed by atoms with van der Waals surface area (Å²) in [5.41, 5.74) is 5.00. The van der Waals surface area contributed by atoms with E-state index < -0.39 is 10.8 Å². The fraction of sp³-hybridized carbons (Fsp3) is 0.500. The molecule has 0 unspecified atom stereocenters. The van der Waals surface area contributed by atoms with Gasteiger partial charge in [-0.25, -0.2) is 4.98 Å². The van der Waals surface area contributed by atoms with E-state index in [1.54, 1.807) is 13.8 Å². The molecule has 8 nitrogen and oxygen atoms in total. The van der Waals surface area contributed by atoms with Crippen molar-refractivity contribution in [1.29, 1.82) is 0 Å². The molecular formula is C10H14ClN5O3. The van der Waals surface area contributed by atoms with E-state index in [1.165, 1.54) is 11.8 Å². The lowest BCUT2D eigenvalue weighted by Gasteiger charge is -2.26. The molecule has 2 N–H and O–H groups in total. The van der Waals surface area contributed by atoms with Crippen molar-refractivity contribution in [3.8, 4) is 0 Å². The van der Waals surface area contributed by atoms with Crippen LogP contribution in [0.2, 0.25) is 5.28 Å². The number of nitrogens with zero attached hydrogens (tertiary/aromatic N) is 4. The third kappa shape index (κ3) is 3.50. The van der Waals surface area contributed by atoms with Gasteiger partial charge in [-0.1, -0.05) is 0 Å². The second-order valence-electron chi connectivity index (χ2n) is 4.20. The molecule has 0 atom stereocenters. The van der Waals surface area contributed by atoms with Gasteiger partial charge in [-0.15, -0.1) is 0 Å². The van der Waals surface area contributed by atoms with Crippen molar-refractivity contribution in [2.45, 2.75) is 26.8 Å². The molecule has 0 aliphatic heterocycles. The van der Waals surface area contributed by atoms with Crippen LogP contribution in [0.5, 0.6) is 0 Å². The summed E-state index contributed by atoms with van der Waals surface area (Å²) in [6, 6.07) is -0.212. The molecule has 1 aromatic heterocycles. The zero-order chi connectivity index (χ0) is 14.7. The van der Waals surface area contributed by atoms with E-state index in [0.717, 1.165) is 0 Å². The maximum absolute atomic E-state index is 11.1. The molecule has 0 bridgehead atoms. The number of carbonyl (C=O) groups excluding carboxylic acids is 1. The molecule has 0 saturated heterocycles. The van der Waals surface area contributed by atoms with Crippen molar-refractivity contribution in [2.24, 2.45) is 5.73 Å². The molecular weight excluding hydrogens is 274 g/mol. The molecule has 0 spiro atoms. The van der Waals surface area contributed by atoms with E-state index in [2.05, 4.69) is 9.97 Å². The summed E-state index contributed by atoms with van der Waals surface area (Å²) in [4.78, 5) is 30.6. The predicted molar refractivity (Wildman–Crippen MR) is 70.1 cm³/mol. The third-order valence-electron chi connectivity index (χ3n) is 2.42. The summed E-state index contributed by atoms with van der Waals surface area (Å²) in [5.74, 6) is -0.619. The number of nitrogens with two attached hydrogens (primary N) is 1. The molecule has 1 heterocycles. The fourth-order valence-electron chi connectivity index (χ4n) is 1.60. The monoisotopic (exact) mass is 287 g/mol. The van der Waals surface area contributed by atoms with Crippen LogP contribution in [0.15, 0.2) is 0 Å². The number of amides is 1. The smallest absolute Gasteiger partial charge is 0.332 e. The Labute approximate surface area is 114 Å². The minimum atomic E-state index is -0.615. The predicted octanol–water partition coefficient (Wildman–Crippen LogP) is 1.05. The van der Waals surface area contributed by atoms with Gasteiger partial charge >= 0.3 is 5.69 Å². The lowest BCUT2D eigenvalue weighted by molar-refractivity contribution is -0.385. The Bertz CT molecular complexity index is 520. The zero-order valence-electron chi connectivity index (χ0n) is 10.8. The van der Waals surface area contributed by atoms with Gasteiger partial charge in [0.25, 0.3) is 0 Å². The number of nitro groups is 1. The SMILES string of the molecule is Cc1nc(Cl)nc(N(CC(N)=O)C(C)C)c1[N+](=O)[O-]. The Hall–Kier alpha value is -1.96. The number of aromatic nitrogens is 2. The van der Waals surface area contributed by atoms with E-state index in [9.17, 15) is 14.9 Å². The number of hydrogen-bond donors (Lipinski definition) is 1. The van der Waals surface area contributed by atoms with Crippen LogP contribution in [0, 0.1) is 17.0 Å². The van der Waals surface area contributed by atoms with Crippen LogP contribution in [-0.2, 0) is 4.79 Å². The second-order valence-corrected chi connectivity index (χ2v) is 4.53. The van der Waals surface area contributed by atoms with E-state index >= 15 is 0 Å². The lowest BCUT2D eigenvalue weighted by Crippen LogP contribution is -2.39. The number of primary amides is 1. The Morgan fingerprint density at radius 2 is 2.11 bits per heavy atom. The molecule has 0 aliphatic carbocycles. The van der Waals surface area contributed by atoms with Crippen LogP contribution >= 0.6 is 11.6 Å². The Morgan fingerprint density at radius 1 is 1.53 bits per heavy atom. The summed E-state index contributed by atoms with van der Waals surface area (Å²) < 4.78 is 0. The lowest BCUT2D eigenvalue weighted by atomic mass is 10.2. The largest absolute Gasteiger partial charge is 0.368 e. The second kappa shape index (κ2) is 5.79. The first kappa shape index (κ1) is 15.1. The summed E-state index contributed by atoms with van der Waals surface area (Å²) in [5, 5.41) is 11.0. The van der Waals surface area contributed by atoms with Crippen molar-refractivity contribution in [1.82, 2.24) is 9.97 Å². The minimum Gasteiger partial charge on any atom is -0.368 e. The van der Waals surface area contributed by atoms with Crippen LogP contribution in [0.4, 0.5) is 11.5 Å². The highest BCUT2D eigenvalue weighted by Gasteiger charge is 2.28. The van der Waals surface area contributed by atoms with Crippen LogP contribution in [-0.4, -0.2) is 33.4 Å². The number of rotatable bonds is 5. The highest BCUT2D eigenvalue weighted by Crippen LogP contribution is 2.30. The highest BCUT2D eigenvalue weighted by molar-refractivity contribution is 6.28. The van der Waals surface area contributed by atoms with Crippen LogP contribution in [0.1, 0.15) is 19.5 Å². The molecule has 1 amide bonds. The van der Waals surface area contributed by atoms with Gasteiger partial charge in [-0.3, -0.25) is 14.9 Å². The Balaban J connectivity index is 3.43. The molecule has 0 aliphatic rings. The van der Waals surface area contributed by atoms with Crippen LogP contribution in [0.3, 0.4) is 0 Å². The van der Waals surface area contributed by atoms with Gasteiger partial charge in [0.15, 0.2) is 0 Å². The highest BCUT2D eigenvalue weighted by atomic mass is 35.5. The molecule has 1 aromatic rings. The van der Waals surface area contributed by atoms with E-state index in [1.807, 2.05) is 0 Å². The van der Waals surface area contributed by atoms with E-state index in [4.69, 9.17) is 17.3 Å². The molecule has 0 aromatic carbocycles. The average Bonchev–Trinajstić information content (AvgIpc) is 2.23.